The Labute approximate surface area is 119 Å². The Bertz CT molecular complexity index is 552. The fourth-order valence-corrected chi connectivity index (χ4v) is 4.12. The van der Waals surface area contributed by atoms with Gasteiger partial charge in [0.25, 0.3) is 0 Å². The van der Waals surface area contributed by atoms with Crippen molar-refractivity contribution < 1.29 is 0 Å². The Balaban J connectivity index is 1.68. The molecule has 19 heavy (non-hydrogen) atoms. The van der Waals surface area contributed by atoms with Crippen LogP contribution in [0.2, 0.25) is 0 Å². The number of rotatable bonds is 4. The van der Waals surface area contributed by atoms with Crippen molar-refractivity contribution in [3.8, 4) is 0 Å². The van der Waals surface area contributed by atoms with Crippen molar-refractivity contribution in [3.05, 3.63) is 42.5 Å². The highest BCUT2D eigenvalue weighted by Gasteiger charge is 2.24. The largest absolute Gasteiger partial charge is 0.382 e. The molecule has 1 aliphatic carbocycles. The number of thioether (sulfide) groups is 1. The van der Waals surface area contributed by atoms with Crippen LogP contribution in [0.15, 0.2) is 42.5 Å². The Morgan fingerprint density at radius 2 is 1.95 bits per heavy atom. The van der Waals surface area contributed by atoms with Gasteiger partial charge in [0.15, 0.2) is 0 Å². The van der Waals surface area contributed by atoms with Crippen molar-refractivity contribution in [2.75, 3.05) is 11.1 Å². The zero-order chi connectivity index (χ0) is 13.1. The molecule has 1 N–H and O–H groups in total. The fraction of sp³-hybridized carbons (Fsp3) is 0.412. The Morgan fingerprint density at radius 1 is 1.11 bits per heavy atom. The molecule has 3 rings (SSSR count). The summed E-state index contributed by atoms with van der Waals surface area (Å²) in [6.07, 6.45) is 3.99. The van der Waals surface area contributed by atoms with Gasteiger partial charge in [0.2, 0.25) is 0 Å². The first-order valence-corrected chi connectivity index (χ1v) is 8.27. The molecular weight excluding hydrogens is 250 g/mol. The standard InChI is InChI=1S/C17H21NS/c1-2-19-17-10-9-16(12-17)18-15-8-7-13-5-3-4-6-14(13)11-15/h3-8,11,16-18H,2,9-10,12H2,1H3. The first kappa shape index (κ1) is 12.9. The topological polar surface area (TPSA) is 12.0 Å². The van der Waals surface area contributed by atoms with Gasteiger partial charge in [-0.05, 0) is 47.9 Å². The molecule has 2 unspecified atom stereocenters. The maximum Gasteiger partial charge on any atom is 0.0348 e. The van der Waals surface area contributed by atoms with E-state index in [1.54, 1.807) is 0 Å². The monoisotopic (exact) mass is 271 g/mol. The van der Waals surface area contributed by atoms with E-state index in [-0.39, 0.29) is 0 Å². The molecule has 0 aliphatic heterocycles. The molecule has 2 aromatic carbocycles. The lowest BCUT2D eigenvalue weighted by atomic mass is 10.1. The summed E-state index contributed by atoms with van der Waals surface area (Å²) in [5.74, 6) is 1.24. The summed E-state index contributed by atoms with van der Waals surface area (Å²) in [7, 11) is 0. The summed E-state index contributed by atoms with van der Waals surface area (Å²) in [5.41, 5.74) is 1.27. The maximum absolute atomic E-state index is 3.71. The van der Waals surface area contributed by atoms with Gasteiger partial charge in [0.05, 0.1) is 0 Å². The van der Waals surface area contributed by atoms with Gasteiger partial charge in [-0.2, -0.15) is 11.8 Å². The predicted molar refractivity (Wildman–Crippen MR) is 87.1 cm³/mol. The summed E-state index contributed by atoms with van der Waals surface area (Å²) in [4.78, 5) is 0. The van der Waals surface area contributed by atoms with E-state index in [1.807, 2.05) is 0 Å². The third-order valence-electron chi connectivity index (χ3n) is 3.91. The second-order valence-electron chi connectivity index (χ2n) is 5.29. The summed E-state index contributed by atoms with van der Waals surface area (Å²) in [5, 5.41) is 7.21. The van der Waals surface area contributed by atoms with Crippen LogP contribution in [0, 0.1) is 0 Å². The van der Waals surface area contributed by atoms with Gasteiger partial charge >= 0.3 is 0 Å². The smallest absolute Gasteiger partial charge is 0.0348 e. The highest BCUT2D eigenvalue weighted by Crippen LogP contribution is 2.32. The van der Waals surface area contributed by atoms with Crippen LogP contribution in [0.25, 0.3) is 10.8 Å². The van der Waals surface area contributed by atoms with E-state index in [0.29, 0.717) is 6.04 Å². The molecule has 0 radical (unpaired) electrons. The van der Waals surface area contributed by atoms with Gasteiger partial charge in [-0.3, -0.25) is 0 Å². The number of hydrogen-bond donors (Lipinski definition) is 1. The zero-order valence-corrected chi connectivity index (χ0v) is 12.2. The molecule has 2 aromatic rings. The quantitative estimate of drug-likeness (QED) is 0.846. The van der Waals surface area contributed by atoms with Crippen molar-refractivity contribution in [1.82, 2.24) is 0 Å². The van der Waals surface area contributed by atoms with Crippen LogP contribution >= 0.6 is 11.8 Å². The van der Waals surface area contributed by atoms with E-state index in [2.05, 4.69) is 66.5 Å². The highest BCUT2D eigenvalue weighted by atomic mass is 32.2. The van der Waals surface area contributed by atoms with Crippen molar-refractivity contribution >= 4 is 28.2 Å². The van der Waals surface area contributed by atoms with Crippen LogP contribution in [0.5, 0.6) is 0 Å². The zero-order valence-electron chi connectivity index (χ0n) is 11.4. The third-order valence-corrected chi connectivity index (χ3v) is 5.14. The number of hydrogen-bond acceptors (Lipinski definition) is 2. The minimum absolute atomic E-state index is 0.658. The minimum atomic E-state index is 0.658. The average Bonchev–Trinajstić information content (AvgIpc) is 2.86. The molecule has 0 saturated heterocycles. The van der Waals surface area contributed by atoms with Gasteiger partial charge in [0.1, 0.15) is 0 Å². The van der Waals surface area contributed by atoms with Crippen LogP contribution in [0.4, 0.5) is 5.69 Å². The van der Waals surface area contributed by atoms with Crippen LogP contribution in [-0.4, -0.2) is 17.0 Å². The Hall–Kier alpha value is -1.15. The van der Waals surface area contributed by atoms with Gasteiger partial charge in [-0.15, -0.1) is 0 Å². The lowest BCUT2D eigenvalue weighted by Crippen LogP contribution is -2.15. The summed E-state index contributed by atoms with van der Waals surface area (Å²) >= 11 is 2.12. The van der Waals surface area contributed by atoms with E-state index in [0.717, 1.165) is 5.25 Å². The van der Waals surface area contributed by atoms with Crippen LogP contribution in [0.3, 0.4) is 0 Å². The maximum atomic E-state index is 3.71. The molecule has 100 valence electrons. The van der Waals surface area contributed by atoms with Crippen molar-refractivity contribution in [2.45, 2.75) is 37.5 Å². The molecule has 2 atom stereocenters. The van der Waals surface area contributed by atoms with E-state index in [9.17, 15) is 0 Å². The fourth-order valence-electron chi connectivity index (χ4n) is 2.97. The van der Waals surface area contributed by atoms with Gasteiger partial charge in [-0.25, -0.2) is 0 Å². The molecule has 0 bridgehead atoms. The molecule has 0 spiro atoms. The van der Waals surface area contributed by atoms with Crippen LogP contribution in [-0.2, 0) is 0 Å². The second-order valence-corrected chi connectivity index (χ2v) is 6.87. The molecule has 2 heteroatoms. The lowest BCUT2D eigenvalue weighted by molar-refractivity contribution is 0.757. The normalized spacial score (nSPS) is 22.8. The molecule has 0 aromatic heterocycles. The first-order chi connectivity index (χ1) is 9.35. The number of fused-ring (bicyclic) bond motifs is 1. The molecule has 1 fully saturated rings. The SMILES string of the molecule is CCSC1CCC(Nc2ccc3ccccc3c2)C1. The highest BCUT2D eigenvalue weighted by molar-refractivity contribution is 7.99. The van der Waals surface area contributed by atoms with E-state index in [4.69, 9.17) is 0 Å². The number of anilines is 1. The predicted octanol–water partition coefficient (Wildman–Crippen LogP) is 4.93. The van der Waals surface area contributed by atoms with Gasteiger partial charge in [0, 0.05) is 17.0 Å². The summed E-state index contributed by atoms with van der Waals surface area (Å²) in [6.45, 7) is 2.26. The van der Waals surface area contributed by atoms with E-state index >= 15 is 0 Å². The third kappa shape index (κ3) is 3.06. The van der Waals surface area contributed by atoms with E-state index in [1.165, 1.54) is 41.5 Å². The Kier molecular flexibility index (Phi) is 3.97. The minimum Gasteiger partial charge on any atom is -0.382 e. The molecule has 0 heterocycles. The lowest BCUT2D eigenvalue weighted by Gasteiger charge is -2.15. The number of nitrogens with one attached hydrogen (secondary N) is 1. The summed E-state index contributed by atoms with van der Waals surface area (Å²) in [6, 6.07) is 15.9. The summed E-state index contributed by atoms with van der Waals surface area (Å²) < 4.78 is 0. The molecule has 1 saturated carbocycles. The molecule has 1 aliphatic rings. The Morgan fingerprint density at radius 3 is 2.79 bits per heavy atom. The van der Waals surface area contributed by atoms with Gasteiger partial charge in [-0.1, -0.05) is 37.3 Å². The van der Waals surface area contributed by atoms with E-state index < -0.39 is 0 Å². The van der Waals surface area contributed by atoms with Crippen LogP contribution < -0.4 is 5.32 Å². The van der Waals surface area contributed by atoms with Crippen molar-refractivity contribution in [1.29, 1.82) is 0 Å². The molecule has 1 nitrogen and oxygen atoms in total. The first-order valence-electron chi connectivity index (χ1n) is 7.22. The van der Waals surface area contributed by atoms with Crippen molar-refractivity contribution in [2.24, 2.45) is 0 Å². The van der Waals surface area contributed by atoms with Crippen LogP contribution in [0.1, 0.15) is 26.2 Å². The molecule has 0 amide bonds. The second kappa shape index (κ2) is 5.87. The molecular formula is C17H21NS. The van der Waals surface area contributed by atoms with Crippen molar-refractivity contribution in [3.63, 3.8) is 0 Å². The number of benzene rings is 2. The average molecular weight is 271 g/mol. The van der Waals surface area contributed by atoms with Gasteiger partial charge < -0.3 is 5.32 Å².